The van der Waals surface area contributed by atoms with Crippen molar-refractivity contribution in [2.75, 3.05) is 13.1 Å². The first-order chi connectivity index (χ1) is 15.9. The molecule has 0 aliphatic carbocycles. The van der Waals surface area contributed by atoms with E-state index >= 15 is 0 Å². The van der Waals surface area contributed by atoms with Gasteiger partial charge in [0, 0.05) is 18.5 Å². The van der Waals surface area contributed by atoms with E-state index in [0.717, 1.165) is 16.6 Å². The zero-order valence-electron chi connectivity index (χ0n) is 20.8. The van der Waals surface area contributed by atoms with E-state index in [1.807, 2.05) is 88.9 Å². The molecule has 0 unspecified atom stereocenters. The molecule has 3 aliphatic rings. The Balaban J connectivity index is 1.33. The summed E-state index contributed by atoms with van der Waals surface area (Å²) in [6.07, 6.45) is 0.610. The lowest BCUT2D eigenvalue weighted by Crippen LogP contribution is -2.44. The van der Waals surface area contributed by atoms with E-state index in [1.54, 1.807) is 6.07 Å². The molecule has 2 saturated heterocycles. The van der Waals surface area contributed by atoms with Crippen LogP contribution in [0.4, 0.5) is 0 Å². The second-order valence-electron chi connectivity index (χ2n) is 11.2. The minimum Gasteiger partial charge on any atom is -0.449 e. The van der Waals surface area contributed by atoms with Gasteiger partial charge in [0.2, 0.25) is 5.91 Å². The number of nitrogens with zero attached hydrogens (tertiary/aromatic N) is 1. The highest BCUT2D eigenvalue weighted by atomic mass is 16.7. The second kappa shape index (κ2) is 7.43. The number of hydrogen-bond acceptors (Lipinski definition) is 5. The monoisotopic (exact) mass is 461 g/mol. The Hall–Kier alpha value is -2.64. The molecule has 7 heteroatoms. The summed E-state index contributed by atoms with van der Waals surface area (Å²) in [5.41, 5.74) is 1.07. The van der Waals surface area contributed by atoms with E-state index in [1.165, 1.54) is 0 Å². The third-order valence-electron chi connectivity index (χ3n) is 8.14. The van der Waals surface area contributed by atoms with Gasteiger partial charge in [-0.25, -0.2) is 4.79 Å². The van der Waals surface area contributed by atoms with Crippen LogP contribution in [0, 0.1) is 0 Å². The molecular weight excluding hydrogens is 429 g/mol. The summed E-state index contributed by atoms with van der Waals surface area (Å²) >= 11 is 0. The van der Waals surface area contributed by atoms with Crippen LogP contribution in [0.2, 0.25) is 0 Å². The third kappa shape index (κ3) is 3.40. The van der Waals surface area contributed by atoms with Gasteiger partial charge in [-0.1, -0.05) is 42.5 Å². The predicted octanol–water partition coefficient (Wildman–Crippen LogP) is 3.56. The van der Waals surface area contributed by atoms with Gasteiger partial charge in [0.1, 0.15) is 0 Å². The Morgan fingerprint density at radius 2 is 1.59 bits per heavy atom. The van der Waals surface area contributed by atoms with Crippen LogP contribution in [0.15, 0.2) is 48.5 Å². The molecule has 34 heavy (non-hydrogen) atoms. The number of ether oxygens (including phenoxy) is 1. The number of benzene rings is 2. The molecule has 1 amide bonds. The Bertz CT molecular complexity index is 1140. The number of fused-ring (bicyclic) bond motifs is 2. The van der Waals surface area contributed by atoms with Crippen molar-refractivity contribution in [2.24, 2.45) is 0 Å². The van der Waals surface area contributed by atoms with Crippen LogP contribution < -0.4 is 5.46 Å². The molecule has 0 radical (unpaired) electrons. The molecule has 1 atom stereocenters. The first-order valence-electron chi connectivity index (χ1n) is 11.9. The van der Waals surface area contributed by atoms with Crippen molar-refractivity contribution in [3.8, 4) is 0 Å². The number of rotatable bonds is 3. The number of likely N-dealkylation sites (tertiary alicyclic amines) is 1. The van der Waals surface area contributed by atoms with Gasteiger partial charge in [-0.2, -0.15) is 0 Å². The van der Waals surface area contributed by atoms with Crippen LogP contribution in [0.1, 0.15) is 69.4 Å². The summed E-state index contributed by atoms with van der Waals surface area (Å²) in [6, 6.07) is 15.4. The van der Waals surface area contributed by atoms with Crippen molar-refractivity contribution >= 4 is 24.5 Å². The van der Waals surface area contributed by atoms with E-state index < -0.39 is 29.3 Å². The van der Waals surface area contributed by atoms with Crippen LogP contribution in [-0.2, 0) is 29.9 Å². The highest BCUT2D eigenvalue weighted by Crippen LogP contribution is 2.44. The molecule has 3 heterocycles. The lowest BCUT2D eigenvalue weighted by atomic mass is 9.76. The van der Waals surface area contributed by atoms with Gasteiger partial charge in [0.05, 0.1) is 28.7 Å². The number of hydrogen-bond donors (Lipinski definition) is 0. The lowest BCUT2D eigenvalue weighted by Gasteiger charge is -2.32. The van der Waals surface area contributed by atoms with Crippen molar-refractivity contribution in [2.45, 2.75) is 70.2 Å². The Labute approximate surface area is 201 Å². The summed E-state index contributed by atoms with van der Waals surface area (Å²) in [4.78, 5) is 27.9. The molecule has 0 saturated carbocycles. The van der Waals surface area contributed by atoms with E-state index in [9.17, 15) is 9.59 Å². The standard InChI is InChI=1S/C27H32BNO5/c1-24(2,18-11-13-19(14-12-18)28-33-25(3,4)26(5,6)34-28)23(31)29-16-15-27(17-29)21-10-8-7-9-20(21)22(30)32-27/h7-14H,15-17H2,1-6H3/t27-/m0/s1. The maximum atomic E-state index is 13.6. The van der Waals surface area contributed by atoms with Crippen LogP contribution in [-0.4, -0.2) is 48.2 Å². The molecule has 178 valence electrons. The largest absolute Gasteiger partial charge is 0.494 e. The quantitative estimate of drug-likeness (QED) is 0.517. The first kappa shape index (κ1) is 23.1. The van der Waals surface area contributed by atoms with Crippen molar-refractivity contribution in [1.29, 1.82) is 0 Å². The number of amides is 1. The van der Waals surface area contributed by atoms with Gasteiger partial charge >= 0.3 is 13.1 Å². The lowest BCUT2D eigenvalue weighted by molar-refractivity contribution is -0.136. The first-order valence-corrected chi connectivity index (χ1v) is 11.9. The average molecular weight is 461 g/mol. The fourth-order valence-corrected chi connectivity index (χ4v) is 5.16. The van der Waals surface area contributed by atoms with Crippen LogP contribution in [0.25, 0.3) is 0 Å². The van der Waals surface area contributed by atoms with Crippen LogP contribution in [0.3, 0.4) is 0 Å². The third-order valence-corrected chi connectivity index (χ3v) is 8.14. The van der Waals surface area contributed by atoms with E-state index in [0.29, 0.717) is 25.1 Å². The van der Waals surface area contributed by atoms with Gasteiger partial charge in [0.15, 0.2) is 5.60 Å². The Morgan fingerprint density at radius 1 is 0.971 bits per heavy atom. The highest BCUT2D eigenvalue weighted by Gasteiger charge is 2.53. The van der Waals surface area contributed by atoms with Crippen molar-refractivity contribution in [3.63, 3.8) is 0 Å². The molecule has 2 fully saturated rings. The fraction of sp³-hybridized carbons (Fsp3) is 0.481. The smallest absolute Gasteiger partial charge is 0.449 e. The van der Waals surface area contributed by atoms with Gasteiger partial charge in [0.25, 0.3) is 0 Å². The molecule has 3 aliphatic heterocycles. The minimum absolute atomic E-state index is 0.0215. The maximum Gasteiger partial charge on any atom is 0.494 e. The SMILES string of the molecule is CC(C)(C(=O)N1CC[C@@]2(C1)OC(=O)c1ccccc12)c1ccc(B2OC(C)(C)C(C)(C)O2)cc1. The molecule has 0 bridgehead atoms. The average Bonchev–Trinajstić information content (AvgIpc) is 3.40. The van der Waals surface area contributed by atoms with Gasteiger partial charge in [-0.05, 0) is 58.6 Å². The maximum absolute atomic E-state index is 13.6. The minimum atomic E-state index is -0.736. The molecule has 2 aromatic rings. The number of esters is 1. The van der Waals surface area contributed by atoms with Crippen molar-refractivity contribution in [1.82, 2.24) is 4.90 Å². The van der Waals surface area contributed by atoms with Crippen LogP contribution in [0.5, 0.6) is 0 Å². The van der Waals surface area contributed by atoms with E-state index in [2.05, 4.69) is 0 Å². The van der Waals surface area contributed by atoms with Gasteiger partial charge in [-0.15, -0.1) is 0 Å². The summed E-state index contributed by atoms with van der Waals surface area (Å²) < 4.78 is 18.1. The molecule has 5 rings (SSSR count). The zero-order valence-corrected chi connectivity index (χ0v) is 20.8. The molecule has 6 nitrogen and oxygen atoms in total. The molecule has 0 aromatic heterocycles. The van der Waals surface area contributed by atoms with E-state index in [4.69, 9.17) is 14.0 Å². The van der Waals surface area contributed by atoms with Gasteiger partial charge in [-0.3, -0.25) is 4.79 Å². The molecular formula is C27H32BNO5. The molecule has 0 N–H and O–H groups in total. The zero-order chi connectivity index (χ0) is 24.5. The fourth-order valence-electron chi connectivity index (χ4n) is 5.16. The normalized spacial score (nSPS) is 25.1. The van der Waals surface area contributed by atoms with Crippen LogP contribution >= 0.6 is 0 Å². The molecule has 1 spiro atoms. The predicted molar refractivity (Wildman–Crippen MR) is 130 cm³/mol. The summed E-state index contributed by atoms with van der Waals surface area (Å²) in [7, 11) is -0.437. The van der Waals surface area contributed by atoms with Crippen molar-refractivity contribution < 1.29 is 23.6 Å². The van der Waals surface area contributed by atoms with E-state index in [-0.39, 0.29) is 11.9 Å². The highest BCUT2D eigenvalue weighted by molar-refractivity contribution is 6.62. The number of carbonyl (C=O) groups is 2. The summed E-state index contributed by atoms with van der Waals surface area (Å²) in [5, 5.41) is 0. The summed E-state index contributed by atoms with van der Waals surface area (Å²) in [6.45, 7) is 13.0. The van der Waals surface area contributed by atoms with Gasteiger partial charge < -0.3 is 18.9 Å². The molecule has 2 aromatic carbocycles. The Kier molecular flexibility index (Phi) is 5.05. The topological polar surface area (TPSA) is 65.1 Å². The van der Waals surface area contributed by atoms with Crippen molar-refractivity contribution in [3.05, 3.63) is 65.2 Å². The second-order valence-corrected chi connectivity index (χ2v) is 11.2. The summed E-state index contributed by atoms with van der Waals surface area (Å²) in [5.74, 6) is -0.282. The number of carbonyl (C=O) groups excluding carboxylic acids is 2. The Morgan fingerprint density at radius 3 is 2.24 bits per heavy atom.